The van der Waals surface area contributed by atoms with Gasteiger partial charge in [-0.2, -0.15) is 0 Å². The van der Waals surface area contributed by atoms with Gasteiger partial charge in [0, 0.05) is 25.3 Å². The molecule has 1 aliphatic heterocycles. The van der Waals surface area contributed by atoms with E-state index in [0.29, 0.717) is 16.1 Å². The van der Waals surface area contributed by atoms with Crippen LogP contribution < -0.4 is 10.6 Å². The van der Waals surface area contributed by atoms with Gasteiger partial charge in [-0.25, -0.2) is 0 Å². The number of benzene rings is 1. The molecule has 0 aromatic heterocycles. The third kappa shape index (κ3) is 3.59. The van der Waals surface area contributed by atoms with Crippen LogP contribution in [0.4, 0.5) is 5.69 Å². The van der Waals surface area contributed by atoms with Crippen LogP contribution in [0.15, 0.2) is 18.2 Å². The lowest BCUT2D eigenvalue weighted by atomic mass is 10.1. The molecule has 0 unspecified atom stereocenters. The first kappa shape index (κ1) is 14.6. The molecule has 2 rings (SSSR count). The maximum Gasteiger partial charge on any atom is 0.104 e. The van der Waals surface area contributed by atoms with E-state index >= 15 is 0 Å². The number of thiocarbonyl (C=S) groups is 1. The van der Waals surface area contributed by atoms with Crippen LogP contribution in [-0.4, -0.2) is 30.8 Å². The molecule has 0 atom stereocenters. The molecule has 0 saturated carbocycles. The van der Waals surface area contributed by atoms with Crippen molar-refractivity contribution >= 4 is 34.5 Å². The third-order valence-electron chi connectivity index (χ3n) is 3.42. The van der Waals surface area contributed by atoms with Crippen molar-refractivity contribution in [3.8, 4) is 0 Å². The molecule has 104 valence electrons. The number of anilines is 1. The number of nitrogens with two attached hydrogens (primary N) is 1. The van der Waals surface area contributed by atoms with Gasteiger partial charge in [0.25, 0.3) is 0 Å². The summed E-state index contributed by atoms with van der Waals surface area (Å²) in [7, 11) is 0. The second kappa shape index (κ2) is 6.55. The lowest BCUT2D eigenvalue weighted by molar-refractivity contribution is 0.0459. The maximum atomic E-state index is 6.32. The van der Waals surface area contributed by atoms with Crippen LogP contribution in [0, 0.1) is 0 Å². The second-order valence-corrected chi connectivity index (χ2v) is 5.52. The minimum Gasteiger partial charge on any atom is -0.389 e. The van der Waals surface area contributed by atoms with Crippen LogP contribution in [0.2, 0.25) is 5.02 Å². The number of nitrogens with zero attached hydrogens (tertiary/aromatic N) is 1. The molecule has 1 aliphatic rings. The van der Waals surface area contributed by atoms with E-state index in [1.165, 1.54) is 0 Å². The van der Waals surface area contributed by atoms with E-state index in [2.05, 4.69) is 4.90 Å². The second-order valence-electron chi connectivity index (χ2n) is 4.67. The summed E-state index contributed by atoms with van der Waals surface area (Å²) in [6.45, 7) is 4.76. The highest BCUT2D eigenvalue weighted by molar-refractivity contribution is 7.80. The molecule has 1 heterocycles. The first-order valence-corrected chi connectivity index (χ1v) is 7.36. The lowest BCUT2D eigenvalue weighted by Crippen LogP contribution is -2.37. The topological polar surface area (TPSA) is 38.5 Å². The highest BCUT2D eigenvalue weighted by Gasteiger charge is 2.21. The minimum atomic E-state index is 0.378. The number of rotatable bonds is 4. The molecule has 3 nitrogen and oxygen atoms in total. The van der Waals surface area contributed by atoms with Crippen molar-refractivity contribution in [1.29, 1.82) is 0 Å². The van der Waals surface area contributed by atoms with Crippen LogP contribution >= 0.6 is 23.8 Å². The van der Waals surface area contributed by atoms with E-state index < -0.39 is 0 Å². The molecular formula is C14H19ClN2OS. The zero-order valence-electron chi connectivity index (χ0n) is 11.1. The molecule has 19 heavy (non-hydrogen) atoms. The van der Waals surface area contributed by atoms with E-state index in [-0.39, 0.29) is 0 Å². The third-order valence-corrected chi connectivity index (χ3v) is 3.96. The number of halogens is 1. The Balaban J connectivity index is 2.05. The number of ether oxygens (including phenoxy) is 1. The quantitative estimate of drug-likeness (QED) is 0.867. The van der Waals surface area contributed by atoms with E-state index in [9.17, 15) is 0 Å². The smallest absolute Gasteiger partial charge is 0.104 e. The van der Waals surface area contributed by atoms with Gasteiger partial charge in [0.15, 0.2) is 0 Å². The molecule has 1 aromatic carbocycles. The number of hydrogen-bond acceptors (Lipinski definition) is 3. The Kier molecular flexibility index (Phi) is 5.02. The van der Waals surface area contributed by atoms with Gasteiger partial charge in [-0.15, -0.1) is 0 Å². The van der Waals surface area contributed by atoms with Crippen molar-refractivity contribution in [2.75, 3.05) is 24.6 Å². The Morgan fingerprint density at radius 1 is 1.47 bits per heavy atom. The van der Waals surface area contributed by atoms with Crippen molar-refractivity contribution in [3.63, 3.8) is 0 Å². The van der Waals surface area contributed by atoms with Crippen molar-refractivity contribution in [3.05, 3.63) is 28.8 Å². The summed E-state index contributed by atoms with van der Waals surface area (Å²) in [5.41, 5.74) is 7.47. The molecule has 0 aliphatic carbocycles. The fourth-order valence-corrected chi connectivity index (χ4v) is 2.84. The van der Waals surface area contributed by atoms with E-state index in [1.807, 2.05) is 25.1 Å². The molecule has 1 fully saturated rings. The van der Waals surface area contributed by atoms with Crippen molar-refractivity contribution < 1.29 is 4.74 Å². The molecule has 2 N–H and O–H groups in total. The van der Waals surface area contributed by atoms with Gasteiger partial charge < -0.3 is 15.4 Å². The molecule has 0 radical (unpaired) electrons. The molecule has 1 aromatic rings. The predicted molar refractivity (Wildman–Crippen MR) is 84.2 cm³/mol. The predicted octanol–water partition coefficient (Wildman–Crippen LogP) is 2.98. The average molecular weight is 299 g/mol. The van der Waals surface area contributed by atoms with Gasteiger partial charge in [-0.3, -0.25) is 0 Å². The van der Waals surface area contributed by atoms with Crippen LogP contribution in [0.5, 0.6) is 0 Å². The summed E-state index contributed by atoms with van der Waals surface area (Å²) < 4.78 is 5.65. The van der Waals surface area contributed by atoms with Crippen LogP contribution in [0.3, 0.4) is 0 Å². The molecule has 0 spiro atoms. The normalized spacial score (nSPS) is 16.6. The molecule has 5 heteroatoms. The zero-order valence-corrected chi connectivity index (χ0v) is 12.6. The highest BCUT2D eigenvalue weighted by atomic mass is 35.5. The maximum absolute atomic E-state index is 6.32. The summed E-state index contributed by atoms with van der Waals surface area (Å²) in [5.74, 6) is 0. The first-order valence-electron chi connectivity index (χ1n) is 6.57. The van der Waals surface area contributed by atoms with Gasteiger partial charge >= 0.3 is 0 Å². The van der Waals surface area contributed by atoms with Crippen molar-refractivity contribution in [2.45, 2.75) is 25.9 Å². The Labute approximate surface area is 124 Å². The summed E-state index contributed by atoms with van der Waals surface area (Å²) in [4.78, 5) is 2.67. The fraction of sp³-hybridized carbons (Fsp3) is 0.500. The zero-order chi connectivity index (χ0) is 13.8. The van der Waals surface area contributed by atoms with Crippen molar-refractivity contribution in [1.82, 2.24) is 0 Å². The summed E-state index contributed by atoms with van der Waals surface area (Å²) in [5, 5.41) is 0.708. The number of piperidine rings is 1. The minimum absolute atomic E-state index is 0.378. The van der Waals surface area contributed by atoms with Gasteiger partial charge in [0.05, 0.1) is 16.8 Å². The standard InChI is InChI=1S/C14H19ClN2OS/c1-2-18-11-5-7-17(8-6-11)13-4-3-10(14(16)19)9-12(13)15/h3-4,9,11H,2,5-8H2,1H3,(H2,16,19). The number of hydrogen-bond donors (Lipinski definition) is 1. The molecule has 1 saturated heterocycles. The van der Waals surface area contributed by atoms with E-state index in [4.69, 9.17) is 34.3 Å². The van der Waals surface area contributed by atoms with Gasteiger partial charge in [-0.1, -0.05) is 23.8 Å². The summed E-state index contributed by atoms with van der Waals surface area (Å²) in [6.07, 6.45) is 2.47. The van der Waals surface area contributed by atoms with E-state index in [0.717, 1.165) is 43.8 Å². The van der Waals surface area contributed by atoms with E-state index in [1.54, 1.807) is 0 Å². The molecule has 0 bridgehead atoms. The molecular weight excluding hydrogens is 280 g/mol. The Bertz CT molecular complexity index is 459. The summed E-state index contributed by atoms with van der Waals surface area (Å²) in [6, 6.07) is 5.77. The molecule has 0 amide bonds. The highest BCUT2D eigenvalue weighted by Crippen LogP contribution is 2.29. The average Bonchev–Trinajstić information content (AvgIpc) is 2.40. The van der Waals surface area contributed by atoms with Crippen LogP contribution in [-0.2, 0) is 4.74 Å². The van der Waals surface area contributed by atoms with Crippen LogP contribution in [0.25, 0.3) is 0 Å². The van der Waals surface area contributed by atoms with Gasteiger partial charge in [0.2, 0.25) is 0 Å². The Morgan fingerprint density at radius 3 is 2.68 bits per heavy atom. The van der Waals surface area contributed by atoms with Gasteiger partial charge in [-0.05, 0) is 38.0 Å². The SMILES string of the molecule is CCOC1CCN(c2ccc(C(N)=S)cc2Cl)CC1. The lowest BCUT2D eigenvalue weighted by Gasteiger charge is -2.34. The Morgan fingerprint density at radius 2 is 2.16 bits per heavy atom. The van der Waals surface area contributed by atoms with Crippen molar-refractivity contribution in [2.24, 2.45) is 5.73 Å². The Hall–Kier alpha value is -0.840. The fourth-order valence-electron chi connectivity index (χ4n) is 2.42. The first-order chi connectivity index (χ1) is 9.11. The van der Waals surface area contributed by atoms with Gasteiger partial charge in [0.1, 0.15) is 4.99 Å². The van der Waals surface area contributed by atoms with Crippen LogP contribution in [0.1, 0.15) is 25.3 Å². The largest absolute Gasteiger partial charge is 0.389 e. The monoisotopic (exact) mass is 298 g/mol. The summed E-state index contributed by atoms with van der Waals surface area (Å²) >= 11 is 11.3.